The van der Waals surface area contributed by atoms with Gasteiger partial charge in [0.1, 0.15) is 5.00 Å². The van der Waals surface area contributed by atoms with E-state index in [4.69, 9.17) is 11.6 Å². The zero-order valence-corrected chi connectivity index (χ0v) is 9.09. The average molecular weight is 211 g/mol. The van der Waals surface area contributed by atoms with Crippen LogP contribution in [0.1, 0.15) is 6.92 Å². The largest absolute Gasteiger partial charge is 0.351 e. The lowest BCUT2D eigenvalue weighted by atomic mass is 10.1. The molecule has 1 fully saturated rings. The minimum absolute atomic E-state index is 0.306. The normalized spacial score (nSPS) is 27.7. The van der Waals surface area contributed by atoms with Crippen molar-refractivity contribution in [3.05, 3.63) is 30.3 Å². The maximum absolute atomic E-state index is 6.44. The Balaban J connectivity index is 2.24. The van der Waals surface area contributed by atoms with Crippen LogP contribution in [0.2, 0.25) is 0 Å². The van der Waals surface area contributed by atoms with Gasteiger partial charge in [-0.05, 0) is 19.1 Å². The van der Waals surface area contributed by atoms with Gasteiger partial charge in [-0.2, -0.15) is 0 Å². The van der Waals surface area contributed by atoms with Crippen LogP contribution in [-0.2, 0) is 0 Å². The zero-order valence-electron chi connectivity index (χ0n) is 8.33. The fourth-order valence-corrected chi connectivity index (χ4v) is 2.12. The van der Waals surface area contributed by atoms with Crippen LogP contribution >= 0.6 is 11.6 Å². The van der Waals surface area contributed by atoms with E-state index in [1.165, 1.54) is 5.69 Å². The second-order valence-corrected chi connectivity index (χ2v) is 4.62. The summed E-state index contributed by atoms with van der Waals surface area (Å²) >= 11 is 6.44. The van der Waals surface area contributed by atoms with Crippen molar-refractivity contribution in [1.82, 2.24) is 5.32 Å². The molecule has 2 nitrogen and oxygen atoms in total. The lowest BCUT2D eigenvalue weighted by Gasteiger charge is -2.42. The predicted molar refractivity (Wildman–Crippen MR) is 60.9 cm³/mol. The fourth-order valence-electron chi connectivity index (χ4n) is 1.84. The van der Waals surface area contributed by atoms with Gasteiger partial charge in [-0.25, -0.2) is 0 Å². The Kier molecular flexibility index (Phi) is 2.66. The Morgan fingerprint density at radius 2 is 2.07 bits per heavy atom. The molecular formula is C11H15ClN2. The molecule has 1 aliphatic rings. The minimum atomic E-state index is -0.306. The number of alkyl halides is 1. The number of rotatable bonds is 1. The van der Waals surface area contributed by atoms with Crippen molar-refractivity contribution in [1.29, 1.82) is 0 Å². The van der Waals surface area contributed by atoms with Crippen LogP contribution in [0.15, 0.2) is 30.3 Å². The van der Waals surface area contributed by atoms with Gasteiger partial charge < -0.3 is 10.2 Å². The molecule has 1 heterocycles. The molecule has 14 heavy (non-hydrogen) atoms. The summed E-state index contributed by atoms with van der Waals surface area (Å²) < 4.78 is 0. The molecule has 0 aliphatic carbocycles. The third-order valence-corrected chi connectivity index (χ3v) is 2.93. The zero-order chi connectivity index (χ0) is 10.0. The molecule has 0 spiro atoms. The summed E-state index contributed by atoms with van der Waals surface area (Å²) in [6.45, 7) is 4.83. The van der Waals surface area contributed by atoms with Gasteiger partial charge in [0.2, 0.25) is 0 Å². The molecule has 1 atom stereocenters. The number of hydrogen-bond donors (Lipinski definition) is 1. The van der Waals surface area contributed by atoms with Gasteiger partial charge in [0, 0.05) is 25.3 Å². The van der Waals surface area contributed by atoms with Crippen LogP contribution < -0.4 is 10.2 Å². The number of anilines is 1. The number of nitrogens with one attached hydrogen (secondary N) is 1. The van der Waals surface area contributed by atoms with E-state index in [9.17, 15) is 0 Å². The molecule has 1 aliphatic heterocycles. The maximum Gasteiger partial charge on any atom is 0.124 e. The van der Waals surface area contributed by atoms with E-state index in [2.05, 4.69) is 22.3 Å². The smallest absolute Gasteiger partial charge is 0.124 e. The quantitative estimate of drug-likeness (QED) is 0.564. The highest BCUT2D eigenvalue weighted by molar-refractivity contribution is 6.25. The first-order chi connectivity index (χ1) is 6.70. The van der Waals surface area contributed by atoms with Gasteiger partial charge in [-0.15, -0.1) is 0 Å². The molecule has 1 N–H and O–H groups in total. The van der Waals surface area contributed by atoms with Crippen molar-refractivity contribution in [2.24, 2.45) is 0 Å². The molecule has 0 bridgehead atoms. The molecule has 1 aromatic carbocycles. The van der Waals surface area contributed by atoms with Crippen molar-refractivity contribution >= 4 is 17.3 Å². The van der Waals surface area contributed by atoms with E-state index in [0.29, 0.717) is 0 Å². The van der Waals surface area contributed by atoms with Gasteiger partial charge in [0.25, 0.3) is 0 Å². The molecule has 76 valence electrons. The van der Waals surface area contributed by atoms with Crippen LogP contribution in [0.25, 0.3) is 0 Å². The summed E-state index contributed by atoms with van der Waals surface area (Å²) in [5, 5.41) is 3.30. The van der Waals surface area contributed by atoms with Crippen molar-refractivity contribution in [2.75, 3.05) is 24.5 Å². The van der Waals surface area contributed by atoms with Gasteiger partial charge in [0.15, 0.2) is 0 Å². The second-order valence-electron chi connectivity index (χ2n) is 3.81. The van der Waals surface area contributed by atoms with Crippen LogP contribution in [0.3, 0.4) is 0 Å². The minimum Gasteiger partial charge on any atom is -0.351 e. The van der Waals surface area contributed by atoms with Gasteiger partial charge in [-0.1, -0.05) is 29.8 Å². The number of hydrogen-bond acceptors (Lipinski definition) is 2. The SMILES string of the molecule is CC1(Cl)CNCCN1c1ccccc1. The van der Waals surface area contributed by atoms with Crippen molar-refractivity contribution < 1.29 is 0 Å². The molecular weight excluding hydrogens is 196 g/mol. The number of para-hydroxylation sites is 1. The Morgan fingerprint density at radius 3 is 2.71 bits per heavy atom. The molecule has 3 heteroatoms. The predicted octanol–water partition coefficient (Wildman–Crippen LogP) is 2.05. The summed E-state index contributed by atoms with van der Waals surface area (Å²) in [4.78, 5) is 1.94. The topological polar surface area (TPSA) is 15.3 Å². The van der Waals surface area contributed by atoms with E-state index >= 15 is 0 Å². The number of benzene rings is 1. The average Bonchev–Trinajstić information content (AvgIpc) is 2.18. The summed E-state index contributed by atoms with van der Waals surface area (Å²) in [7, 11) is 0. The molecule has 2 rings (SSSR count). The highest BCUT2D eigenvalue weighted by Crippen LogP contribution is 2.28. The molecule has 1 saturated heterocycles. The second kappa shape index (κ2) is 3.79. The van der Waals surface area contributed by atoms with E-state index in [1.54, 1.807) is 0 Å². The third kappa shape index (κ3) is 1.86. The Bertz CT molecular complexity index is 297. The number of halogens is 1. The molecule has 1 aromatic rings. The molecule has 0 aromatic heterocycles. The van der Waals surface area contributed by atoms with E-state index < -0.39 is 0 Å². The van der Waals surface area contributed by atoms with Crippen LogP contribution in [0, 0.1) is 0 Å². The first-order valence-corrected chi connectivity index (χ1v) is 5.30. The van der Waals surface area contributed by atoms with Crippen LogP contribution in [-0.4, -0.2) is 24.6 Å². The highest BCUT2D eigenvalue weighted by atomic mass is 35.5. The number of piperazine rings is 1. The molecule has 0 amide bonds. The third-order valence-electron chi connectivity index (χ3n) is 2.59. The molecule has 0 radical (unpaired) electrons. The van der Waals surface area contributed by atoms with Crippen LogP contribution in [0.4, 0.5) is 5.69 Å². The maximum atomic E-state index is 6.44. The van der Waals surface area contributed by atoms with Crippen molar-refractivity contribution in [3.8, 4) is 0 Å². The Hall–Kier alpha value is -0.730. The molecule has 0 saturated carbocycles. The van der Waals surface area contributed by atoms with E-state index in [0.717, 1.165) is 19.6 Å². The summed E-state index contributed by atoms with van der Waals surface area (Å²) in [6.07, 6.45) is 0. The lowest BCUT2D eigenvalue weighted by molar-refractivity contribution is 0.459. The number of nitrogens with zero attached hydrogens (tertiary/aromatic N) is 1. The Labute approximate surface area is 89.9 Å². The van der Waals surface area contributed by atoms with Gasteiger partial charge >= 0.3 is 0 Å². The fraction of sp³-hybridized carbons (Fsp3) is 0.455. The first kappa shape index (κ1) is 9.81. The van der Waals surface area contributed by atoms with E-state index in [-0.39, 0.29) is 5.00 Å². The summed E-state index contributed by atoms with van der Waals surface area (Å²) in [5.41, 5.74) is 1.20. The van der Waals surface area contributed by atoms with Crippen LogP contribution in [0.5, 0.6) is 0 Å². The first-order valence-electron chi connectivity index (χ1n) is 4.92. The molecule has 1 unspecified atom stereocenters. The monoisotopic (exact) mass is 210 g/mol. The Morgan fingerprint density at radius 1 is 1.36 bits per heavy atom. The lowest BCUT2D eigenvalue weighted by Crippen LogP contribution is -2.56. The summed E-state index contributed by atoms with van der Waals surface area (Å²) in [6, 6.07) is 10.3. The van der Waals surface area contributed by atoms with Gasteiger partial charge in [-0.3, -0.25) is 0 Å². The van der Waals surface area contributed by atoms with E-state index in [1.807, 2.05) is 25.1 Å². The standard InChI is InChI=1S/C11H15ClN2/c1-11(12)9-13-7-8-14(11)10-5-3-2-4-6-10/h2-6,13H,7-9H2,1H3. The van der Waals surface area contributed by atoms with Crippen molar-refractivity contribution in [3.63, 3.8) is 0 Å². The van der Waals surface area contributed by atoms with Gasteiger partial charge in [0.05, 0.1) is 0 Å². The highest BCUT2D eigenvalue weighted by Gasteiger charge is 2.31. The summed E-state index contributed by atoms with van der Waals surface area (Å²) in [5.74, 6) is 0. The van der Waals surface area contributed by atoms with Crippen molar-refractivity contribution in [2.45, 2.75) is 11.9 Å².